The molecule has 1 fully saturated rings. The third-order valence-electron chi connectivity index (χ3n) is 7.45. The van der Waals surface area contributed by atoms with E-state index in [1.165, 1.54) is 37.7 Å². The van der Waals surface area contributed by atoms with E-state index < -0.39 is 0 Å². The summed E-state index contributed by atoms with van der Waals surface area (Å²) in [5.41, 5.74) is 4.16. The van der Waals surface area contributed by atoms with Crippen molar-refractivity contribution < 1.29 is 4.39 Å². The predicted octanol–water partition coefficient (Wildman–Crippen LogP) is 9.04. The number of hydrogen-bond acceptors (Lipinski definition) is 0. The topological polar surface area (TPSA) is 0 Å². The largest absolute Gasteiger partial charge is 0.206 e. The lowest BCUT2D eigenvalue weighted by Crippen LogP contribution is -2.13. The minimum Gasteiger partial charge on any atom is -0.206 e. The molecule has 0 radical (unpaired) electrons. The maximum Gasteiger partial charge on any atom is 0.134 e. The lowest BCUT2D eigenvalue weighted by molar-refractivity contribution is 0.296. The molecule has 0 spiro atoms. The first-order chi connectivity index (χ1) is 16.7. The molecule has 1 aliphatic carbocycles. The van der Waals surface area contributed by atoms with E-state index in [0.29, 0.717) is 5.39 Å². The second kappa shape index (κ2) is 12.0. The Labute approximate surface area is 205 Å². The molecule has 1 aliphatic rings. The molecule has 0 bridgehead atoms. The van der Waals surface area contributed by atoms with Gasteiger partial charge in [0, 0.05) is 16.5 Å². The van der Waals surface area contributed by atoms with Gasteiger partial charge in [0.15, 0.2) is 0 Å². The second-order valence-electron chi connectivity index (χ2n) is 9.93. The van der Waals surface area contributed by atoms with Gasteiger partial charge in [-0.25, -0.2) is 4.39 Å². The fourth-order valence-electron chi connectivity index (χ4n) is 5.16. The number of fused-ring (bicyclic) bond motifs is 1. The van der Waals surface area contributed by atoms with E-state index in [4.69, 9.17) is 0 Å². The first-order valence-corrected chi connectivity index (χ1v) is 13.1. The fourth-order valence-corrected chi connectivity index (χ4v) is 5.16. The summed E-state index contributed by atoms with van der Waals surface area (Å²) in [4.78, 5) is 0. The molecule has 0 heterocycles. The number of unbranched alkanes of at least 4 members (excludes halogenated alkanes) is 2. The Bertz CT molecular complexity index is 1150. The summed E-state index contributed by atoms with van der Waals surface area (Å²) in [6.45, 7) is 6.12. The second-order valence-corrected chi connectivity index (χ2v) is 9.93. The number of allylic oxidation sites excluding steroid dienone is 1. The lowest BCUT2D eigenvalue weighted by Gasteiger charge is -2.26. The van der Waals surface area contributed by atoms with Gasteiger partial charge in [0.2, 0.25) is 0 Å². The van der Waals surface area contributed by atoms with E-state index in [-0.39, 0.29) is 5.82 Å². The van der Waals surface area contributed by atoms with E-state index in [0.717, 1.165) is 66.0 Å². The Kier molecular flexibility index (Phi) is 8.59. The minimum atomic E-state index is -0.0718. The van der Waals surface area contributed by atoms with Crippen LogP contribution in [-0.2, 0) is 12.8 Å². The number of halogens is 1. The average molecular weight is 453 g/mol. The molecule has 1 heteroatoms. The van der Waals surface area contributed by atoms with Gasteiger partial charge in [0.1, 0.15) is 5.82 Å². The summed E-state index contributed by atoms with van der Waals surface area (Å²) in [5.74, 6) is 8.07. The van der Waals surface area contributed by atoms with E-state index >= 15 is 0 Å². The van der Waals surface area contributed by atoms with Gasteiger partial charge in [0.05, 0.1) is 0 Å². The summed E-state index contributed by atoms with van der Waals surface area (Å²) in [7, 11) is 0. The minimum absolute atomic E-state index is 0.0718. The zero-order valence-electron chi connectivity index (χ0n) is 20.6. The van der Waals surface area contributed by atoms with Crippen LogP contribution >= 0.6 is 0 Å². The molecule has 0 unspecified atom stereocenters. The molecule has 3 aromatic rings. The Morgan fingerprint density at radius 2 is 1.62 bits per heavy atom. The average Bonchev–Trinajstić information content (AvgIpc) is 2.88. The van der Waals surface area contributed by atoms with E-state index in [1.807, 2.05) is 30.3 Å². The van der Waals surface area contributed by atoms with E-state index in [2.05, 4.69) is 55.7 Å². The molecule has 176 valence electrons. The van der Waals surface area contributed by atoms with Gasteiger partial charge in [-0.2, -0.15) is 0 Å². The van der Waals surface area contributed by atoms with Crippen LogP contribution < -0.4 is 0 Å². The van der Waals surface area contributed by atoms with Gasteiger partial charge in [0.25, 0.3) is 0 Å². The highest BCUT2D eigenvalue weighted by Gasteiger charge is 2.18. The van der Waals surface area contributed by atoms with Crippen LogP contribution in [0.5, 0.6) is 0 Å². The normalized spacial score (nSPS) is 17.8. The molecule has 0 saturated heterocycles. The van der Waals surface area contributed by atoms with Crippen molar-refractivity contribution in [1.29, 1.82) is 0 Å². The number of aryl methyl sites for hydroxylation is 2. The summed E-state index contributed by atoms with van der Waals surface area (Å²) >= 11 is 0. The quantitative estimate of drug-likeness (QED) is 0.182. The van der Waals surface area contributed by atoms with Crippen LogP contribution in [-0.4, -0.2) is 0 Å². The Morgan fingerprint density at radius 3 is 2.35 bits per heavy atom. The van der Waals surface area contributed by atoms with Crippen molar-refractivity contribution in [3.05, 3.63) is 95.3 Å². The number of benzene rings is 3. The van der Waals surface area contributed by atoms with Gasteiger partial charge < -0.3 is 0 Å². The van der Waals surface area contributed by atoms with E-state index in [1.54, 1.807) is 0 Å². The van der Waals surface area contributed by atoms with Crippen LogP contribution in [0.15, 0.2) is 67.3 Å². The molecule has 0 nitrogen and oxygen atoms in total. The highest BCUT2D eigenvalue weighted by molar-refractivity contribution is 5.85. The van der Waals surface area contributed by atoms with Crippen LogP contribution in [0.4, 0.5) is 4.39 Å². The molecule has 3 aromatic carbocycles. The maximum absolute atomic E-state index is 14.9. The van der Waals surface area contributed by atoms with Gasteiger partial charge in [-0.15, -0.1) is 6.58 Å². The Hall–Kier alpha value is -2.85. The summed E-state index contributed by atoms with van der Waals surface area (Å²) in [6.07, 6.45) is 14.0. The number of hydrogen-bond donors (Lipinski definition) is 0. The van der Waals surface area contributed by atoms with Gasteiger partial charge in [-0.05, 0) is 104 Å². The van der Waals surface area contributed by atoms with Crippen LogP contribution in [0.1, 0.15) is 80.5 Å². The Morgan fingerprint density at radius 1 is 0.882 bits per heavy atom. The molecular formula is C33H37F. The summed E-state index contributed by atoms with van der Waals surface area (Å²) in [5, 5.41) is 1.61. The van der Waals surface area contributed by atoms with Crippen molar-refractivity contribution in [3.63, 3.8) is 0 Å². The van der Waals surface area contributed by atoms with Crippen LogP contribution in [0.3, 0.4) is 0 Å². The lowest BCUT2D eigenvalue weighted by atomic mass is 9.79. The summed E-state index contributed by atoms with van der Waals surface area (Å²) < 4.78 is 14.9. The zero-order chi connectivity index (χ0) is 23.8. The van der Waals surface area contributed by atoms with Gasteiger partial charge in [-0.1, -0.05) is 68.0 Å². The smallest absolute Gasteiger partial charge is 0.134 e. The fraction of sp³-hybridized carbons (Fsp3) is 0.394. The molecular weight excluding hydrogens is 415 g/mol. The molecule has 0 aliphatic heterocycles. The van der Waals surface area contributed by atoms with Crippen molar-refractivity contribution in [2.45, 2.75) is 71.1 Å². The predicted molar refractivity (Wildman–Crippen MR) is 144 cm³/mol. The first kappa shape index (κ1) is 24.3. The molecule has 0 aromatic heterocycles. The van der Waals surface area contributed by atoms with Crippen LogP contribution in [0.25, 0.3) is 10.8 Å². The highest BCUT2D eigenvalue weighted by Crippen LogP contribution is 2.32. The SMILES string of the molecule is C=CC1CCC(CCc2ccc(C#Cc3ccc4c(F)c(CCCCC)ccc4c3)cc2)CC1. The van der Waals surface area contributed by atoms with Crippen LogP contribution in [0.2, 0.25) is 0 Å². The standard InChI is InChI=1S/C33H37F/c1-3-5-6-7-30-21-22-31-24-29(20-23-32(31)33(30)34)19-18-28-16-14-27(15-17-28)13-12-26-10-8-25(4-2)9-11-26/h4,14-17,20-26H,2-3,5-13H2,1H3. The summed E-state index contributed by atoms with van der Waals surface area (Å²) in [6, 6.07) is 18.5. The third-order valence-corrected chi connectivity index (χ3v) is 7.45. The van der Waals surface area contributed by atoms with Crippen molar-refractivity contribution in [1.82, 2.24) is 0 Å². The number of rotatable bonds is 8. The molecule has 4 rings (SSSR count). The van der Waals surface area contributed by atoms with Gasteiger partial charge in [-0.3, -0.25) is 0 Å². The van der Waals surface area contributed by atoms with E-state index in [9.17, 15) is 4.39 Å². The monoisotopic (exact) mass is 452 g/mol. The van der Waals surface area contributed by atoms with Gasteiger partial charge >= 0.3 is 0 Å². The molecule has 1 saturated carbocycles. The molecule has 0 amide bonds. The highest BCUT2D eigenvalue weighted by atomic mass is 19.1. The molecule has 0 atom stereocenters. The van der Waals surface area contributed by atoms with Crippen molar-refractivity contribution in [2.24, 2.45) is 11.8 Å². The van der Waals surface area contributed by atoms with Crippen molar-refractivity contribution in [3.8, 4) is 11.8 Å². The van der Waals surface area contributed by atoms with Crippen LogP contribution in [0, 0.1) is 29.5 Å². The van der Waals surface area contributed by atoms with Crippen molar-refractivity contribution in [2.75, 3.05) is 0 Å². The molecule has 0 N–H and O–H groups in total. The van der Waals surface area contributed by atoms with Crippen molar-refractivity contribution >= 4 is 10.8 Å². The zero-order valence-corrected chi connectivity index (χ0v) is 20.6. The first-order valence-electron chi connectivity index (χ1n) is 13.1. The molecule has 34 heavy (non-hydrogen) atoms. The maximum atomic E-state index is 14.9. The third kappa shape index (κ3) is 6.38. The Balaban J connectivity index is 1.36.